The van der Waals surface area contributed by atoms with Crippen LogP contribution in [-0.2, 0) is 14.8 Å². The number of piperidine rings is 1. The maximum atomic E-state index is 12.7. The number of ether oxygens (including phenoxy) is 1. The predicted molar refractivity (Wildman–Crippen MR) is 115 cm³/mol. The summed E-state index contributed by atoms with van der Waals surface area (Å²) in [6.07, 6.45) is -0.413. The average molecular weight is 452 g/mol. The average Bonchev–Trinajstić information content (AvgIpc) is 2.78. The molecule has 0 saturated carbocycles. The standard InChI is InChI=1S/C21H29N3O6S/c1-2-17-19(25)20(26)18(21(27)30-17)23-31(28,29)16(13-22)12-14-6-8-15(9-7-14)24-10-4-3-5-11-24/h6-9,12,17-21,23,25-27H,2-5,10-11H2,1H3/b16-12+/t17-,18-,19-,20-,21?/m1/s1. The van der Waals surface area contributed by atoms with Gasteiger partial charge in [-0.3, -0.25) is 0 Å². The summed E-state index contributed by atoms with van der Waals surface area (Å²) in [5.74, 6) is 0. The van der Waals surface area contributed by atoms with Crippen LogP contribution in [0.5, 0.6) is 0 Å². The first kappa shape index (κ1) is 23.7. The molecule has 0 spiro atoms. The van der Waals surface area contributed by atoms with Gasteiger partial charge in [-0.2, -0.15) is 9.98 Å². The fraction of sp³-hybridized carbons (Fsp3) is 0.571. The third-order valence-electron chi connectivity index (χ3n) is 5.73. The topological polar surface area (TPSA) is 143 Å². The molecule has 1 unspecified atom stereocenters. The first-order valence-electron chi connectivity index (χ1n) is 10.5. The fourth-order valence-electron chi connectivity index (χ4n) is 3.91. The highest BCUT2D eigenvalue weighted by Gasteiger charge is 2.45. The minimum atomic E-state index is -4.39. The zero-order valence-electron chi connectivity index (χ0n) is 17.4. The number of anilines is 1. The van der Waals surface area contributed by atoms with Crippen LogP contribution in [0.15, 0.2) is 29.2 Å². The molecule has 4 N–H and O–H groups in total. The maximum Gasteiger partial charge on any atom is 0.251 e. The lowest BCUT2D eigenvalue weighted by Gasteiger charge is -2.40. The number of rotatable bonds is 6. The van der Waals surface area contributed by atoms with E-state index in [2.05, 4.69) is 9.62 Å². The molecule has 2 saturated heterocycles. The smallest absolute Gasteiger partial charge is 0.251 e. The second-order valence-corrected chi connectivity index (χ2v) is 9.54. The summed E-state index contributed by atoms with van der Waals surface area (Å²) < 4.78 is 32.7. The van der Waals surface area contributed by atoms with Crippen molar-refractivity contribution in [1.82, 2.24) is 4.72 Å². The van der Waals surface area contributed by atoms with Crippen LogP contribution in [0.3, 0.4) is 0 Å². The number of hydrogen-bond donors (Lipinski definition) is 4. The van der Waals surface area contributed by atoms with Gasteiger partial charge < -0.3 is 25.0 Å². The van der Waals surface area contributed by atoms with Gasteiger partial charge in [-0.05, 0) is 49.5 Å². The number of nitriles is 1. The highest BCUT2D eigenvalue weighted by molar-refractivity contribution is 7.93. The van der Waals surface area contributed by atoms with E-state index in [1.54, 1.807) is 25.1 Å². The molecule has 31 heavy (non-hydrogen) atoms. The number of allylic oxidation sites excluding steroid dienone is 1. The number of aliphatic hydroxyl groups excluding tert-OH is 3. The maximum absolute atomic E-state index is 12.7. The summed E-state index contributed by atoms with van der Waals surface area (Å²) >= 11 is 0. The number of nitrogens with zero attached hydrogens (tertiary/aromatic N) is 2. The Morgan fingerprint density at radius 3 is 2.42 bits per heavy atom. The largest absolute Gasteiger partial charge is 0.388 e. The monoisotopic (exact) mass is 451 g/mol. The third-order valence-corrected chi connectivity index (χ3v) is 7.10. The summed E-state index contributed by atoms with van der Waals surface area (Å²) in [6, 6.07) is 7.38. The lowest BCUT2D eigenvalue weighted by atomic mass is 9.96. The summed E-state index contributed by atoms with van der Waals surface area (Å²) in [7, 11) is -4.39. The summed E-state index contributed by atoms with van der Waals surface area (Å²) in [5.41, 5.74) is 1.57. The number of aliphatic hydroxyl groups is 3. The van der Waals surface area contributed by atoms with E-state index >= 15 is 0 Å². The van der Waals surface area contributed by atoms with E-state index in [4.69, 9.17) is 4.74 Å². The van der Waals surface area contributed by atoms with Gasteiger partial charge in [0.25, 0.3) is 10.0 Å². The first-order valence-corrected chi connectivity index (χ1v) is 11.9. The molecule has 1 aromatic carbocycles. The SMILES string of the molecule is CC[C@H]1OC(O)[C@H](NS(=O)(=O)/C(C#N)=C/c2ccc(N3CCCCC3)cc2)[C@@H](O)[C@@H]1O. The predicted octanol–water partition coefficient (Wildman–Crippen LogP) is 0.678. The van der Waals surface area contributed by atoms with Gasteiger partial charge in [-0.1, -0.05) is 19.1 Å². The van der Waals surface area contributed by atoms with Crippen LogP contribution in [-0.4, -0.2) is 67.5 Å². The van der Waals surface area contributed by atoms with Gasteiger partial charge in [0.1, 0.15) is 24.3 Å². The zero-order chi connectivity index (χ0) is 22.6. The number of benzene rings is 1. The van der Waals surface area contributed by atoms with Gasteiger partial charge in [0, 0.05) is 18.8 Å². The van der Waals surface area contributed by atoms with Crippen molar-refractivity contribution in [3.63, 3.8) is 0 Å². The second-order valence-electron chi connectivity index (χ2n) is 7.86. The van der Waals surface area contributed by atoms with Crippen LogP contribution >= 0.6 is 0 Å². The molecule has 2 aliphatic heterocycles. The molecule has 1 aromatic rings. The Morgan fingerprint density at radius 2 is 1.84 bits per heavy atom. The highest BCUT2D eigenvalue weighted by Crippen LogP contribution is 2.24. The molecular weight excluding hydrogens is 422 g/mol. The van der Waals surface area contributed by atoms with E-state index in [-0.39, 0.29) is 0 Å². The molecule has 9 nitrogen and oxygen atoms in total. The first-order chi connectivity index (χ1) is 14.8. The van der Waals surface area contributed by atoms with Crippen LogP contribution in [0.25, 0.3) is 6.08 Å². The van der Waals surface area contributed by atoms with Crippen molar-refractivity contribution in [1.29, 1.82) is 5.26 Å². The van der Waals surface area contributed by atoms with E-state index < -0.39 is 45.6 Å². The molecule has 2 fully saturated rings. The van der Waals surface area contributed by atoms with Crippen molar-refractivity contribution in [2.24, 2.45) is 0 Å². The fourth-order valence-corrected chi connectivity index (χ4v) is 5.06. The van der Waals surface area contributed by atoms with Gasteiger partial charge in [-0.25, -0.2) is 8.42 Å². The molecule has 0 radical (unpaired) electrons. The molecule has 3 rings (SSSR count). The van der Waals surface area contributed by atoms with Crippen LogP contribution in [0.1, 0.15) is 38.2 Å². The van der Waals surface area contributed by atoms with Gasteiger partial charge in [0.15, 0.2) is 11.2 Å². The van der Waals surface area contributed by atoms with Crippen molar-refractivity contribution in [2.75, 3.05) is 18.0 Å². The van der Waals surface area contributed by atoms with Gasteiger partial charge in [-0.15, -0.1) is 0 Å². The molecule has 2 heterocycles. The molecule has 170 valence electrons. The summed E-state index contributed by atoms with van der Waals surface area (Å²) in [6.45, 7) is 3.66. The van der Waals surface area contributed by atoms with Crippen molar-refractivity contribution in [2.45, 2.75) is 63.3 Å². The highest BCUT2D eigenvalue weighted by atomic mass is 32.2. The second kappa shape index (κ2) is 10.1. The molecule has 0 aromatic heterocycles. The zero-order valence-corrected chi connectivity index (χ0v) is 18.2. The van der Waals surface area contributed by atoms with Crippen molar-refractivity contribution in [3.8, 4) is 6.07 Å². The van der Waals surface area contributed by atoms with Crippen molar-refractivity contribution in [3.05, 3.63) is 34.7 Å². The molecular formula is C21H29N3O6S. The van der Waals surface area contributed by atoms with Crippen molar-refractivity contribution >= 4 is 21.8 Å². The van der Waals surface area contributed by atoms with Gasteiger partial charge >= 0.3 is 0 Å². The molecule has 10 heteroatoms. The molecule has 2 aliphatic rings. The van der Waals surface area contributed by atoms with E-state index in [9.17, 15) is 29.0 Å². The number of sulfonamides is 1. The Kier molecular flexibility index (Phi) is 7.69. The van der Waals surface area contributed by atoms with E-state index in [1.807, 2.05) is 12.1 Å². The molecule has 0 aliphatic carbocycles. The van der Waals surface area contributed by atoms with Crippen LogP contribution in [0.2, 0.25) is 0 Å². The quantitative estimate of drug-likeness (QED) is 0.462. The summed E-state index contributed by atoms with van der Waals surface area (Å²) in [5, 5.41) is 39.8. The van der Waals surface area contributed by atoms with E-state index in [0.29, 0.717) is 12.0 Å². The third kappa shape index (κ3) is 5.44. The Balaban J connectivity index is 1.76. The normalized spacial score (nSPS) is 30.1. The van der Waals surface area contributed by atoms with Gasteiger partial charge in [0.05, 0.1) is 6.10 Å². The van der Waals surface area contributed by atoms with Crippen molar-refractivity contribution < 1.29 is 28.5 Å². The lowest BCUT2D eigenvalue weighted by Crippen LogP contribution is -2.63. The van der Waals surface area contributed by atoms with Crippen LogP contribution in [0.4, 0.5) is 5.69 Å². The Hall–Kier alpha value is -2.00. The van der Waals surface area contributed by atoms with Gasteiger partial charge in [0.2, 0.25) is 0 Å². The minimum absolute atomic E-state index is 0.325. The lowest BCUT2D eigenvalue weighted by molar-refractivity contribution is -0.244. The Morgan fingerprint density at radius 1 is 1.19 bits per heavy atom. The van der Waals surface area contributed by atoms with Crippen LogP contribution < -0.4 is 9.62 Å². The van der Waals surface area contributed by atoms with E-state index in [1.165, 1.54) is 12.5 Å². The molecule has 0 bridgehead atoms. The molecule has 5 atom stereocenters. The minimum Gasteiger partial charge on any atom is -0.388 e. The number of hydrogen-bond acceptors (Lipinski definition) is 8. The Labute approximate surface area is 182 Å². The Bertz CT molecular complexity index is 921. The summed E-state index contributed by atoms with van der Waals surface area (Å²) in [4.78, 5) is 1.69. The molecule has 0 amide bonds. The van der Waals surface area contributed by atoms with Crippen LogP contribution in [0, 0.1) is 11.3 Å². The number of nitrogens with one attached hydrogen (secondary N) is 1. The van der Waals surface area contributed by atoms with E-state index in [0.717, 1.165) is 31.6 Å².